The predicted molar refractivity (Wildman–Crippen MR) is 96.2 cm³/mol. The number of carbonyl (C=O) groups excluding carboxylic acids is 1. The zero-order valence-corrected chi connectivity index (χ0v) is 16.1. The van der Waals surface area contributed by atoms with Crippen LogP contribution in [0.1, 0.15) is 12.5 Å². The molecule has 8 nitrogen and oxygen atoms in total. The zero-order valence-electron chi connectivity index (χ0n) is 15.3. The van der Waals surface area contributed by atoms with Gasteiger partial charge in [0.2, 0.25) is 15.9 Å². The summed E-state index contributed by atoms with van der Waals surface area (Å²) < 4.78 is 26.8. The fourth-order valence-corrected chi connectivity index (χ4v) is 4.09. The first kappa shape index (κ1) is 20.3. The Bertz CT molecular complexity index is 755. The lowest BCUT2D eigenvalue weighted by Crippen LogP contribution is -2.52. The van der Waals surface area contributed by atoms with Crippen molar-refractivity contribution in [1.82, 2.24) is 14.1 Å². The summed E-state index contributed by atoms with van der Waals surface area (Å²) in [4.78, 5) is 26.4. The molecule has 0 aromatic heterocycles. The number of carboxylic acid groups (broad SMARTS) is 1. The molecule has 1 aliphatic rings. The van der Waals surface area contributed by atoms with Crippen LogP contribution in [0.2, 0.25) is 0 Å². The number of carboxylic acids is 1. The normalized spacial score (nSPS) is 17.7. The van der Waals surface area contributed by atoms with Gasteiger partial charge in [-0.05, 0) is 26.0 Å². The van der Waals surface area contributed by atoms with Crippen molar-refractivity contribution >= 4 is 21.9 Å². The van der Waals surface area contributed by atoms with E-state index in [4.69, 9.17) is 5.11 Å². The Kier molecular flexibility index (Phi) is 6.38. The first-order valence-corrected chi connectivity index (χ1v) is 9.84. The van der Waals surface area contributed by atoms with Gasteiger partial charge in [0.1, 0.15) is 6.04 Å². The molecule has 144 valence electrons. The first-order chi connectivity index (χ1) is 12.1. The van der Waals surface area contributed by atoms with Gasteiger partial charge in [0.25, 0.3) is 0 Å². The van der Waals surface area contributed by atoms with Crippen molar-refractivity contribution in [3.8, 4) is 0 Å². The second kappa shape index (κ2) is 8.15. The summed E-state index contributed by atoms with van der Waals surface area (Å²) >= 11 is 0. The third-order valence-electron chi connectivity index (χ3n) is 4.68. The lowest BCUT2D eigenvalue weighted by molar-refractivity contribution is -0.148. The molecule has 9 heteroatoms. The minimum Gasteiger partial charge on any atom is -0.480 e. The number of benzene rings is 1. The van der Waals surface area contributed by atoms with Crippen LogP contribution >= 0.6 is 0 Å². The molecule has 1 aromatic carbocycles. The summed E-state index contributed by atoms with van der Waals surface area (Å²) in [6.07, 6.45) is 0. The molecule has 1 heterocycles. The van der Waals surface area contributed by atoms with Crippen LogP contribution in [-0.2, 0) is 19.6 Å². The lowest BCUT2D eigenvalue weighted by atomic mass is 10.2. The highest BCUT2D eigenvalue weighted by atomic mass is 32.2. The van der Waals surface area contributed by atoms with Gasteiger partial charge in [-0.2, -0.15) is 4.31 Å². The fourth-order valence-electron chi connectivity index (χ4n) is 2.67. The van der Waals surface area contributed by atoms with E-state index >= 15 is 0 Å². The third kappa shape index (κ3) is 4.60. The van der Waals surface area contributed by atoms with Crippen molar-refractivity contribution in [3.63, 3.8) is 0 Å². The zero-order chi connectivity index (χ0) is 19.5. The average Bonchev–Trinajstić information content (AvgIpc) is 2.61. The molecule has 1 saturated heterocycles. The summed E-state index contributed by atoms with van der Waals surface area (Å²) in [5, 5.41) is 8.98. The molecule has 1 unspecified atom stereocenters. The molecule has 0 radical (unpaired) electrons. The quantitative estimate of drug-likeness (QED) is 0.755. The number of amides is 1. The maximum absolute atomic E-state index is 12.7. The van der Waals surface area contributed by atoms with Crippen LogP contribution in [0.25, 0.3) is 0 Å². The molecule has 1 N–H and O–H groups in total. The van der Waals surface area contributed by atoms with Gasteiger partial charge in [0.15, 0.2) is 0 Å². The maximum Gasteiger partial charge on any atom is 0.326 e. The van der Waals surface area contributed by atoms with E-state index in [0.29, 0.717) is 26.2 Å². The van der Waals surface area contributed by atoms with E-state index in [1.165, 1.54) is 23.2 Å². The molecule has 1 amide bonds. The van der Waals surface area contributed by atoms with Crippen LogP contribution in [0, 0.1) is 6.92 Å². The number of sulfonamides is 1. The Morgan fingerprint density at radius 1 is 1.15 bits per heavy atom. The van der Waals surface area contributed by atoms with Crippen LogP contribution in [0.15, 0.2) is 29.2 Å². The van der Waals surface area contributed by atoms with Crippen LogP contribution in [0.5, 0.6) is 0 Å². The van der Waals surface area contributed by atoms with Crippen LogP contribution < -0.4 is 0 Å². The highest BCUT2D eigenvalue weighted by molar-refractivity contribution is 7.89. The van der Waals surface area contributed by atoms with E-state index in [0.717, 1.165) is 5.56 Å². The Hall–Kier alpha value is -1.97. The monoisotopic (exact) mass is 383 g/mol. The van der Waals surface area contributed by atoms with E-state index in [1.54, 1.807) is 24.3 Å². The minimum atomic E-state index is -3.54. The van der Waals surface area contributed by atoms with Crippen molar-refractivity contribution in [2.24, 2.45) is 0 Å². The summed E-state index contributed by atoms with van der Waals surface area (Å²) in [5.74, 6) is -1.36. The first-order valence-electron chi connectivity index (χ1n) is 8.40. The molecule has 0 bridgehead atoms. The van der Waals surface area contributed by atoms with Crippen LogP contribution in [0.3, 0.4) is 0 Å². The summed E-state index contributed by atoms with van der Waals surface area (Å²) in [7, 11) is -2.08. The summed E-state index contributed by atoms with van der Waals surface area (Å²) in [6, 6.07) is 5.83. The Labute approximate surface area is 154 Å². The molecule has 0 aliphatic carbocycles. The highest BCUT2D eigenvalue weighted by Gasteiger charge is 2.30. The molecule has 1 atom stereocenters. The molecular formula is C17H25N3O5S. The van der Waals surface area contributed by atoms with Gasteiger partial charge in [-0.25, -0.2) is 13.2 Å². The van der Waals surface area contributed by atoms with Gasteiger partial charge in [0, 0.05) is 33.2 Å². The number of nitrogens with zero attached hydrogens (tertiary/aromatic N) is 3. The Morgan fingerprint density at radius 2 is 1.69 bits per heavy atom. The van der Waals surface area contributed by atoms with Gasteiger partial charge in [0.05, 0.1) is 11.4 Å². The average molecular weight is 383 g/mol. The van der Waals surface area contributed by atoms with E-state index in [2.05, 4.69) is 0 Å². The maximum atomic E-state index is 12.7. The Balaban J connectivity index is 1.93. The topological polar surface area (TPSA) is 98.2 Å². The van der Waals surface area contributed by atoms with Gasteiger partial charge >= 0.3 is 5.97 Å². The number of hydrogen-bond donors (Lipinski definition) is 1. The largest absolute Gasteiger partial charge is 0.480 e. The molecule has 1 aromatic rings. The molecule has 0 spiro atoms. The van der Waals surface area contributed by atoms with Crippen molar-refractivity contribution in [3.05, 3.63) is 29.8 Å². The van der Waals surface area contributed by atoms with Gasteiger partial charge in [-0.3, -0.25) is 9.69 Å². The molecular weight excluding hydrogens is 358 g/mol. The van der Waals surface area contributed by atoms with Crippen LogP contribution in [0.4, 0.5) is 0 Å². The molecule has 1 aliphatic heterocycles. The van der Waals surface area contributed by atoms with Gasteiger partial charge in [-0.1, -0.05) is 17.7 Å². The SMILES string of the molecule is Cc1ccc(S(=O)(=O)N2CCN(CC(=O)N(C)C(C)C(=O)O)CC2)cc1. The standard InChI is InChI=1S/C17H25N3O5S/c1-13-4-6-15(7-5-13)26(24,25)20-10-8-19(9-11-20)12-16(21)18(3)14(2)17(22)23/h4-7,14H,8-12H2,1-3H3,(H,22,23). The lowest BCUT2D eigenvalue weighted by Gasteiger charge is -2.34. The van der Waals surface area contributed by atoms with E-state index in [-0.39, 0.29) is 17.3 Å². The van der Waals surface area contributed by atoms with Gasteiger partial charge in [-0.15, -0.1) is 0 Å². The number of aryl methyl sites for hydroxylation is 1. The molecule has 2 rings (SSSR count). The van der Waals surface area contributed by atoms with Crippen LogP contribution in [-0.4, -0.2) is 85.3 Å². The molecule has 26 heavy (non-hydrogen) atoms. The van der Waals surface area contributed by atoms with E-state index in [9.17, 15) is 18.0 Å². The number of likely N-dealkylation sites (N-methyl/N-ethyl adjacent to an activating group) is 1. The number of rotatable bonds is 6. The highest BCUT2D eigenvalue weighted by Crippen LogP contribution is 2.18. The third-order valence-corrected chi connectivity index (χ3v) is 6.59. The van der Waals surface area contributed by atoms with Gasteiger partial charge < -0.3 is 10.0 Å². The van der Waals surface area contributed by atoms with Crippen molar-refractivity contribution in [1.29, 1.82) is 0 Å². The van der Waals surface area contributed by atoms with Crippen molar-refractivity contribution in [2.45, 2.75) is 24.8 Å². The minimum absolute atomic E-state index is 0.0759. The number of aliphatic carboxylic acids is 1. The second-order valence-electron chi connectivity index (χ2n) is 6.51. The predicted octanol–water partition coefficient (Wildman–Crippen LogP) is 0.233. The van der Waals surface area contributed by atoms with E-state index < -0.39 is 22.0 Å². The smallest absolute Gasteiger partial charge is 0.326 e. The number of hydrogen-bond acceptors (Lipinski definition) is 5. The second-order valence-corrected chi connectivity index (χ2v) is 8.45. The number of piperazine rings is 1. The fraction of sp³-hybridized carbons (Fsp3) is 0.529. The molecule has 0 saturated carbocycles. The van der Waals surface area contributed by atoms with Crippen molar-refractivity contribution < 1.29 is 23.1 Å². The summed E-state index contributed by atoms with van der Waals surface area (Å²) in [6.45, 7) is 4.86. The Morgan fingerprint density at radius 3 is 2.19 bits per heavy atom. The summed E-state index contributed by atoms with van der Waals surface area (Å²) in [5.41, 5.74) is 0.993. The van der Waals surface area contributed by atoms with Crippen molar-refractivity contribution in [2.75, 3.05) is 39.8 Å². The molecule has 1 fully saturated rings. The number of carbonyl (C=O) groups is 2. The van der Waals surface area contributed by atoms with E-state index in [1.807, 2.05) is 11.8 Å².